The fraction of sp³-hybridized carbons (Fsp3) is 0.333. The molecule has 0 unspecified atom stereocenters. The van der Waals surface area contributed by atoms with E-state index in [-0.39, 0.29) is 0 Å². The number of hydrogen-bond acceptors (Lipinski definition) is 2. The highest BCUT2D eigenvalue weighted by Crippen LogP contribution is 2.25. The molecule has 0 aromatic heterocycles. The molecule has 106 valence electrons. The fourth-order valence-electron chi connectivity index (χ4n) is 2.21. The lowest BCUT2D eigenvalue weighted by Gasteiger charge is -2.15. The first-order valence-electron chi connectivity index (χ1n) is 7.17. The molecule has 20 heavy (non-hydrogen) atoms. The molecule has 0 spiro atoms. The van der Waals surface area contributed by atoms with Gasteiger partial charge in [0.25, 0.3) is 0 Å². The molecule has 0 heterocycles. The van der Waals surface area contributed by atoms with Crippen LogP contribution in [0.15, 0.2) is 48.5 Å². The smallest absolute Gasteiger partial charge is 0.0361 e. The zero-order valence-electron chi connectivity index (χ0n) is 12.9. The number of anilines is 1. The van der Waals surface area contributed by atoms with E-state index in [0.717, 1.165) is 6.54 Å². The molecule has 2 aromatic rings. The summed E-state index contributed by atoms with van der Waals surface area (Å²) in [5.41, 5.74) is 5.16. The third-order valence-electron chi connectivity index (χ3n) is 3.41. The Labute approximate surface area is 122 Å². The van der Waals surface area contributed by atoms with E-state index in [1.165, 1.54) is 22.4 Å². The Bertz CT molecular complexity index is 542. The Balaban J connectivity index is 2.27. The summed E-state index contributed by atoms with van der Waals surface area (Å²) in [6.07, 6.45) is 0. The molecule has 0 fully saturated rings. The van der Waals surface area contributed by atoms with Gasteiger partial charge in [-0.05, 0) is 28.8 Å². The van der Waals surface area contributed by atoms with Crippen LogP contribution in [0, 0.1) is 0 Å². The Kier molecular flexibility index (Phi) is 4.80. The molecule has 2 aromatic carbocycles. The lowest BCUT2D eigenvalue weighted by Crippen LogP contribution is -2.22. The summed E-state index contributed by atoms with van der Waals surface area (Å²) in [5, 5.41) is 3.49. The maximum atomic E-state index is 3.49. The van der Waals surface area contributed by atoms with Crippen LogP contribution in [0.5, 0.6) is 0 Å². The molecule has 2 heteroatoms. The van der Waals surface area contributed by atoms with Crippen LogP contribution in [-0.4, -0.2) is 20.1 Å². The summed E-state index contributed by atoms with van der Waals surface area (Å²) in [4.78, 5) is 2.12. The average Bonchev–Trinajstić information content (AvgIpc) is 2.45. The Morgan fingerprint density at radius 1 is 0.950 bits per heavy atom. The van der Waals surface area contributed by atoms with Gasteiger partial charge in [0.15, 0.2) is 0 Å². The topological polar surface area (TPSA) is 15.3 Å². The number of rotatable bonds is 5. The standard InChI is InChI=1S/C18H24N2/c1-14(2)19-13-16-7-5-6-8-18(16)15-9-11-17(12-10-15)20(3)4/h5-12,14,19H,13H2,1-4H3. The summed E-state index contributed by atoms with van der Waals surface area (Å²) in [6, 6.07) is 17.8. The van der Waals surface area contributed by atoms with Crippen molar-refractivity contribution in [3.8, 4) is 11.1 Å². The maximum absolute atomic E-state index is 3.49. The van der Waals surface area contributed by atoms with Crippen LogP contribution < -0.4 is 10.2 Å². The van der Waals surface area contributed by atoms with Crippen molar-refractivity contribution >= 4 is 5.69 Å². The van der Waals surface area contributed by atoms with Gasteiger partial charge in [-0.15, -0.1) is 0 Å². The van der Waals surface area contributed by atoms with Crippen molar-refractivity contribution in [1.82, 2.24) is 5.32 Å². The first-order valence-corrected chi connectivity index (χ1v) is 7.17. The van der Waals surface area contributed by atoms with Gasteiger partial charge in [-0.25, -0.2) is 0 Å². The monoisotopic (exact) mass is 268 g/mol. The summed E-state index contributed by atoms with van der Waals surface area (Å²) in [5.74, 6) is 0. The second kappa shape index (κ2) is 6.58. The highest BCUT2D eigenvalue weighted by Gasteiger charge is 2.05. The zero-order valence-corrected chi connectivity index (χ0v) is 12.9. The molecule has 0 saturated carbocycles. The maximum Gasteiger partial charge on any atom is 0.0361 e. The lowest BCUT2D eigenvalue weighted by atomic mass is 9.99. The van der Waals surface area contributed by atoms with Gasteiger partial charge in [-0.2, -0.15) is 0 Å². The molecule has 0 saturated heterocycles. The summed E-state index contributed by atoms with van der Waals surface area (Å²) in [7, 11) is 4.13. The quantitative estimate of drug-likeness (QED) is 0.884. The van der Waals surface area contributed by atoms with E-state index < -0.39 is 0 Å². The van der Waals surface area contributed by atoms with Crippen molar-refractivity contribution in [1.29, 1.82) is 0 Å². The van der Waals surface area contributed by atoms with Crippen LogP contribution in [0.4, 0.5) is 5.69 Å². The van der Waals surface area contributed by atoms with Gasteiger partial charge in [0.1, 0.15) is 0 Å². The van der Waals surface area contributed by atoms with Gasteiger partial charge in [0, 0.05) is 32.4 Å². The molecule has 0 aliphatic rings. The van der Waals surface area contributed by atoms with E-state index in [2.05, 4.69) is 86.7 Å². The van der Waals surface area contributed by atoms with Crippen LogP contribution in [0.3, 0.4) is 0 Å². The third kappa shape index (κ3) is 3.61. The van der Waals surface area contributed by atoms with Gasteiger partial charge in [-0.3, -0.25) is 0 Å². The van der Waals surface area contributed by atoms with Gasteiger partial charge in [0.2, 0.25) is 0 Å². The minimum atomic E-state index is 0.499. The molecule has 2 rings (SSSR count). The number of hydrogen-bond donors (Lipinski definition) is 1. The average molecular weight is 268 g/mol. The minimum Gasteiger partial charge on any atom is -0.378 e. The van der Waals surface area contributed by atoms with Gasteiger partial charge >= 0.3 is 0 Å². The molecule has 2 nitrogen and oxygen atoms in total. The normalized spacial score (nSPS) is 10.8. The molecule has 0 aliphatic heterocycles. The van der Waals surface area contributed by atoms with Crippen molar-refractivity contribution in [2.45, 2.75) is 26.4 Å². The molecule has 0 atom stereocenters. The van der Waals surface area contributed by atoms with E-state index in [1.807, 2.05) is 0 Å². The number of nitrogens with zero attached hydrogens (tertiary/aromatic N) is 1. The van der Waals surface area contributed by atoms with Crippen LogP contribution in [0.2, 0.25) is 0 Å². The molecule has 0 bridgehead atoms. The molecule has 0 amide bonds. The van der Waals surface area contributed by atoms with Crippen molar-refractivity contribution in [3.63, 3.8) is 0 Å². The first-order chi connectivity index (χ1) is 9.58. The van der Waals surface area contributed by atoms with E-state index in [9.17, 15) is 0 Å². The van der Waals surface area contributed by atoms with Gasteiger partial charge in [0.05, 0.1) is 0 Å². The van der Waals surface area contributed by atoms with Gasteiger partial charge in [-0.1, -0.05) is 50.2 Å². The van der Waals surface area contributed by atoms with E-state index in [1.54, 1.807) is 0 Å². The van der Waals surface area contributed by atoms with Crippen molar-refractivity contribution in [2.75, 3.05) is 19.0 Å². The van der Waals surface area contributed by atoms with E-state index in [4.69, 9.17) is 0 Å². The van der Waals surface area contributed by atoms with E-state index in [0.29, 0.717) is 6.04 Å². The van der Waals surface area contributed by atoms with Crippen LogP contribution in [-0.2, 0) is 6.54 Å². The largest absolute Gasteiger partial charge is 0.378 e. The minimum absolute atomic E-state index is 0.499. The summed E-state index contributed by atoms with van der Waals surface area (Å²) in [6.45, 7) is 5.26. The molecule has 0 aliphatic carbocycles. The number of benzene rings is 2. The van der Waals surface area contributed by atoms with Crippen molar-refractivity contribution in [3.05, 3.63) is 54.1 Å². The molecular formula is C18H24N2. The summed E-state index contributed by atoms with van der Waals surface area (Å²) < 4.78 is 0. The lowest BCUT2D eigenvalue weighted by molar-refractivity contribution is 0.589. The Morgan fingerprint density at radius 2 is 1.60 bits per heavy atom. The van der Waals surface area contributed by atoms with Crippen LogP contribution >= 0.6 is 0 Å². The SMILES string of the molecule is CC(C)NCc1ccccc1-c1ccc(N(C)C)cc1. The third-order valence-corrected chi connectivity index (χ3v) is 3.41. The second-order valence-corrected chi connectivity index (χ2v) is 5.63. The number of nitrogens with one attached hydrogen (secondary N) is 1. The predicted molar refractivity (Wildman–Crippen MR) is 88.2 cm³/mol. The highest BCUT2D eigenvalue weighted by molar-refractivity contribution is 5.69. The second-order valence-electron chi connectivity index (χ2n) is 5.63. The fourth-order valence-corrected chi connectivity index (χ4v) is 2.21. The van der Waals surface area contributed by atoms with E-state index >= 15 is 0 Å². The predicted octanol–water partition coefficient (Wildman–Crippen LogP) is 3.92. The highest BCUT2D eigenvalue weighted by atomic mass is 15.1. The van der Waals surface area contributed by atoms with Gasteiger partial charge < -0.3 is 10.2 Å². The van der Waals surface area contributed by atoms with Crippen molar-refractivity contribution < 1.29 is 0 Å². The Morgan fingerprint density at radius 3 is 2.20 bits per heavy atom. The summed E-state index contributed by atoms with van der Waals surface area (Å²) >= 11 is 0. The van der Waals surface area contributed by atoms with Crippen molar-refractivity contribution in [2.24, 2.45) is 0 Å². The Hall–Kier alpha value is -1.80. The first kappa shape index (κ1) is 14.6. The molecule has 1 N–H and O–H groups in total. The van der Waals surface area contributed by atoms with Crippen LogP contribution in [0.25, 0.3) is 11.1 Å². The van der Waals surface area contributed by atoms with Crippen LogP contribution in [0.1, 0.15) is 19.4 Å². The zero-order chi connectivity index (χ0) is 14.5. The molecule has 0 radical (unpaired) electrons. The molecular weight excluding hydrogens is 244 g/mol.